The lowest BCUT2D eigenvalue weighted by atomic mass is 10.2. The largest absolute Gasteiger partial charge is 0.367 e. The number of halogens is 1. The quantitative estimate of drug-likeness (QED) is 0.842. The molecule has 21 heavy (non-hydrogen) atoms. The third-order valence-electron chi connectivity index (χ3n) is 3.61. The van der Waals surface area contributed by atoms with Gasteiger partial charge in [-0.2, -0.15) is 5.10 Å². The Morgan fingerprint density at radius 3 is 2.62 bits per heavy atom. The minimum atomic E-state index is 0.0311. The number of nitrogens with zero attached hydrogens (tertiary/aromatic N) is 5. The second-order valence-corrected chi connectivity index (χ2v) is 5.42. The van der Waals surface area contributed by atoms with Crippen molar-refractivity contribution in [2.75, 3.05) is 31.1 Å². The molecular formula is C14H16ClN5O. The van der Waals surface area contributed by atoms with Crippen LogP contribution in [0.2, 0.25) is 5.02 Å². The van der Waals surface area contributed by atoms with Crippen molar-refractivity contribution in [3.05, 3.63) is 41.4 Å². The van der Waals surface area contributed by atoms with Crippen LogP contribution >= 0.6 is 11.6 Å². The van der Waals surface area contributed by atoms with Gasteiger partial charge < -0.3 is 9.80 Å². The van der Waals surface area contributed by atoms with Crippen molar-refractivity contribution in [2.24, 2.45) is 7.05 Å². The van der Waals surface area contributed by atoms with Gasteiger partial charge in [0.1, 0.15) is 0 Å². The number of aromatic nitrogens is 3. The van der Waals surface area contributed by atoms with Gasteiger partial charge >= 0.3 is 0 Å². The summed E-state index contributed by atoms with van der Waals surface area (Å²) in [5.41, 5.74) is 1.60. The molecule has 3 rings (SSSR count). The molecule has 0 saturated carbocycles. The lowest BCUT2D eigenvalue weighted by Crippen LogP contribution is -2.48. The van der Waals surface area contributed by atoms with Crippen LogP contribution in [0.15, 0.2) is 30.9 Å². The molecule has 3 heterocycles. The normalized spacial score (nSPS) is 15.3. The van der Waals surface area contributed by atoms with Crippen LogP contribution in [0.4, 0.5) is 5.69 Å². The average Bonchev–Trinajstić information content (AvgIpc) is 2.94. The number of carbonyl (C=O) groups is 1. The van der Waals surface area contributed by atoms with Crippen LogP contribution in [-0.2, 0) is 7.05 Å². The Morgan fingerprint density at radius 2 is 2.00 bits per heavy atom. The summed E-state index contributed by atoms with van der Waals surface area (Å²) in [5, 5.41) is 4.68. The SMILES string of the molecule is Cn1cc(C(=O)N2CCN(c3ccncc3Cl)CC2)cn1. The van der Waals surface area contributed by atoms with Crippen molar-refractivity contribution in [2.45, 2.75) is 0 Å². The van der Waals surface area contributed by atoms with E-state index in [0.717, 1.165) is 18.8 Å². The molecule has 1 fully saturated rings. The first kappa shape index (κ1) is 13.9. The minimum absolute atomic E-state index is 0.0311. The molecule has 0 atom stereocenters. The number of aryl methyl sites for hydroxylation is 1. The molecule has 6 nitrogen and oxygen atoms in total. The standard InChI is InChI=1S/C14H16ClN5O/c1-18-10-11(8-17-18)14(21)20-6-4-19(5-7-20)13-2-3-16-9-12(13)15/h2-3,8-10H,4-7H2,1H3. The van der Waals surface area contributed by atoms with Gasteiger partial charge in [0.2, 0.25) is 0 Å². The van der Waals surface area contributed by atoms with Crippen LogP contribution < -0.4 is 4.90 Å². The molecule has 0 spiro atoms. The highest BCUT2D eigenvalue weighted by Crippen LogP contribution is 2.25. The Hall–Kier alpha value is -2.08. The number of pyridine rings is 1. The first-order valence-corrected chi connectivity index (χ1v) is 7.15. The molecule has 0 aliphatic carbocycles. The van der Waals surface area contributed by atoms with Crippen LogP contribution in [0.25, 0.3) is 0 Å². The van der Waals surface area contributed by atoms with E-state index in [4.69, 9.17) is 11.6 Å². The molecule has 0 unspecified atom stereocenters. The lowest BCUT2D eigenvalue weighted by molar-refractivity contribution is 0.0746. The van der Waals surface area contributed by atoms with Crippen LogP contribution in [0.3, 0.4) is 0 Å². The number of rotatable bonds is 2. The molecule has 2 aromatic rings. The number of hydrogen-bond donors (Lipinski definition) is 0. The zero-order chi connectivity index (χ0) is 14.8. The van der Waals surface area contributed by atoms with Crippen molar-refractivity contribution < 1.29 is 4.79 Å². The molecule has 1 saturated heterocycles. The molecule has 0 bridgehead atoms. The predicted molar refractivity (Wildman–Crippen MR) is 80.6 cm³/mol. The van der Waals surface area contributed by atoms with Gasteiger partial charge in [-0.3, -0.25) is 14.5 Å². The van der Waals surface area contributed by atoms with Gasteiger partial charge in [0, 0.05) is 51.8 Å². The van der Waals surface area contributed by atoms with Gasteiger partial charge in [0.15, 0.2) is 0 Å². The molecule has 0 aromatic carbocycles. The Morgan fingerprint density at radius 1 is 1.24 bits per heavy atom. The second-order valence-electron chi connectivity index (χ2n) is 5.01. The number of anilines is 1. The van der Waals surface area contributed by atoms with Crippen LogP contribution in [-0.4, -0.2) is 51.8 Å². The van der Waals surface area contributed by atoms with Crippen LogP contribution in [0.5, 0.6) is 0 Å². The van der Waals surface area contributed by atoms with Crippen molar-refractivity contribution in [3.8, 4) is 0 Å². The van der Waals surface area contributed by atoms with Crippen molar-refractivity contribution >= 4 is 23.2 Å². The maximum atomic E-state index is 12.3. The summed E-state index contributed by atoms with van der Waals surface area (Å²) in [6.45, 7) is 2.87. The number of piperazine rings is 1. The zero-order valence-electron chi connectivity index (χ0n) is 11.7. The highest BCUT2D eigenvalue weighted by Gasteiger charge is 2.23. The van der Waals surface area contributed by atoms with E-state index in [0.29, 0.717) is 23.7 Å². The molecule has 110 valence electrons. The summed E-state index contributed by atoms with van der Waals surface area (Å²) in [4.78, 5) is 20.4. The van der Waals surface area contributed by atoms with Gasteiger partial charge in [-0.05, 0) is 6.07 Å². The number of amides is 1. The first-order chi connectivity index (χ1) is 10.1. The lowest BCUT2D eigenvalue weighted by Gasteiger charge is -2.36. The fraction of sp³-hybridized carbons (Fsp3) is 0.357. The Bertz CT molecular complexity index is 648. The Labute approximate surface area is 127 Å². The van der Waals surface area contributed by atoms with Gasteiger partial charge in [-0.25, -0.2) is 0 Å². The summed E-state index contributed by atoms with van der Waals surface area (Å²) in [7, 11) is 1.81. The average molecular weight is 306 g/mol. The van der Waals surface area contributed by atoms with Crippen molar-refractivity contribution in [1.82, 2.24) is 19.7 Å². The second kappa shape index (κ2) is 5.73. The predicted octanol–water partition coefficient (Wildman–Crippen LogP) is 1.43. The molecule has 1 aliphatic heterocycles. The van der Waals surface area contributed by atoms with Gasteiger partial charge in [-0.15, -0.1) is 0 Å². The summed E-state index contributed by atoms with van der Waals surface area (Å²) in [6.07, 6.45) is 6.72. The van der Waals surface area contributed by atoms with E-state index in [1.165, 1.54) is 0 Å². The topological polar surface area (TPSA) is 54.3 Å². The Kier molecular flexibility index (Phi) is 3.79. The molecule has 1 amide bonds. The Balaban J connectivity index is 1.65. The third kappa shape index (κ3) is 2.85. The fourth-order valence-electron chi connectivity index (χ4n) is 2.49. The summed E-state index contributed by atoms with van der Waals surface area (Å²) in [5.74, 6) is 0.0311. The highest BCUT2D eigenvalue weighted by molar-refractivity contribution is 6.33. The van der Waals surface area contributed by atoms with E-state index in [1.54, 1.807) is 36.5 Å². The number of hydrogen-bond acceptors (Lipinski definition) is 4. The summed E-state index contributed by atoms with van der Waals surface area (Å²) in [6, 6.07) is 1.90. The van der Waals surface area contributed by atoms with E-state index < -0.39 is 0 Å². The summed E-state index contributed by atoms with van der Waals surface area (Å²) < 4.78 is 1.64. The van der Waals surface area contributed by atoms with E-state index in [-0.39, 0.29) is 5.91 Å². The van der Waals surface area contributed by atoms with Crippen molar-refractivity contribution in [3.63, 3.8) is 0 Å². The maximum absolute atomic E-state index is 12.3. The molecule has 0 N–H and O–H groups in total. The van der Waals surface area contributed by atoms with E-state index in [1.807, 2.05) is 11.0 Å². The fourth-order valence-corrected chi connectivity index (χ4v) is 2.73. The number of carbonyl (C=O) groups excluding carboxylic acids is 1. The maximum Gasteiger partial charge on any atom is 0.257 e. The van der Waals surface area contributed by atoms with Crippen LogP contribution in [0, 0.1) is 0 Å². The summed E-state index contributed by atoms with van der Waals surface area (Å²) >= 11 is 6.16. The third-order valence-corrected chi connectivity index (χ3v) is 3.90. The monoisotopic (exact) mass is 305 g/mol. The molecule has 7 heteroatoms. The first-order valence-electron chi connectivity index (χ1n) is 6.77. The van der Waals surface area contributed by atoms with Gasteiger partial charge in [0.05, 0.1) is 22.5 Å². The highest BCUT2D eigenvalue weighted by atomic mass is 35.5. The molecule has 1 aliphatic rings. The molecule has 0 radical (unpaired) electrons. The zero-order valence-corrected chi connectivity index (χ0v) is 12.5. The van der Waals surface area contributed by atoms with Crippen molar-refractivity contribution in [1.29, 1.82) is 0 Å². The molecule has 2 aromatic heterocycles. The van der Waals surface area contributed by atoms with Gasteiger partial charge in [-0.1, -0.05) is 11.6 Å². The van der Waals surface area contributed by atoms with E-state index in [9.17, 15) is 4.79 Å². The van der Waals surface area contributed by atoms with E-state index >= 15 is 0 Å². The smallest absolute Gasteiger partial charge is 0.257 e. The van der Waals surface area contributed by atoms with Crippen LogP contribution in [0.1, 0.15) is 10.4 Å². The minimum Gasteiger partial charge on any atom is -0.367 e. The molecular weight excluding hydrogens is 290 g/mol. The van der Waals surface area contributed by atoms with Gasteiger partial charge in [0.25, 0.3) is 5.91 Å². The van der Waals surface area contributed by atoms with E-state index in [2.05, 4.69) is 15.0 Å².